The number of hydrogen-bond donors (Lipinski definition) is 3. The van der Waals surface area contributed by atoms with Crippen molar-refractivity contribution in [3.63, 3.8) is 0 Å². The van der Waals surface area contributed by atoms with Gasteiger partial charge in [0.15, 0.2) is 0 Å². The molecule has 14 heteroatoms. The average Bonchev–Trinajstić information content (AvgIpc) is 3.26. The molecule has 2 heterocycles. The Morgan fingerprint density at radius 1 is 1.17 bits per heavy atom. The minimum absolute atomic E-state index is 0.0820. The van der Waals surface area contributed by atoms with Crippen molar-refractivity contribution in [3.05, 3.63) is 63.2 Å². The van der Waals surface area contributed by atoms with Gasteiger partial charge in [0.25, 0.3) is 11.8 Å². The Kier molecular flexibility index (Phi) is 7.65. The quantitative estimate of drug-likeness (QED) is 0.415. The van der Waals surface area contributed by atoms with E-state index in [1.807, 2.05) is 0 Å². The van der Waals surface area contributed by atoms with E-state index in [-0.39, 0.29) is 22.1 Å². The van der Waals surface area contributed by atoms with E-state index in [1.165, 1.54) is 12.5 Å². The minimum Gasteiger partial charge on any atom is -0.383 e. The molecule has 0 aliphatic rings. The first kappa shape index (κ1) is 26.0. The maximum absolute atomic E-state index is 13.5. The number of thiazole rings is 1. The number of carbonyl (C=O) groups excluding carboxylic acids is 2. The molecule has 35 heavy (non-hydrogen) atoms. The third-order valence-electron chi connectivity index (χ3n) is 4.66. The van der Waals surface area contributed by atoms with Crippen LogP contribution >= 0.6 is 11.3 Å². The smallest absolute Gasteiger partial charge is 0.383 e. The second-order valence-electron chi connectivity index (χ2n) is 7.73. The van der Waals surface area contributed by atoms with E-state index >= 15 is 0 Å². The SMILES string of the molecule is CC(NC(=O)c1ncnc(N)c1CN(C)C)c1ncc(C(=O)Nc2ccc(F)c(C(F)(F)F)c2)s1. The van der Waals surface area contributed by atoms with Gasteiger partial charge in [-0.15, -0.1) is 11.3 Å². The molecular weight excluding hydrogens is 490 g/mol. The van der Waals surface area contributed by atoms with E-state index in [0.29, 0.717) is 29.2 Å². The Labute approximate surface area is 201 Å². The number of carbonyl (C=O) groups is 2. The summed E-state index contributed by atoms with van der Waals surface area (Å²) in [5.41, 5.74) is 4.74. The number of hydrogen-bond acceptors (Lipinski definition) is 8. The summed E-state index contributed by atoms with van der Waals surface area (Å²) in [6.45, 7) is 1.98. The third kappa shape index (κ3) is 6.27. The summed E-state index contributed by atoms with van der Waals surface area (Å²) < 4.78 is 52.2. The van der Waals surface area contributed by atoms with Crippen LogP contribution in [0.5, 0.6) is 0 Å². The van der Waals surface area contributed by atoms with Crippen LogP contribution in [0.25, 0.3) is 0 Å². The first-order valence-electron chi connectivity index (χ1n) is 10.1. The molecule has 0 radical (unpaired) electrons. The summed E-state index contributed by atoms with van der Waals surface area (Å²) in [6.07, 6.45) is -2.50. The van der Waals surface area contributed by atoms with Gasteiger partial charge < -0.3 is 21.3 Å². The van der Waals surface area contributed by atoms with Gasteiger partial charge in [0, 0.05) is 17.8 Å². The number of rotatable bonds is 7. The molecule has 2 amide bonds. The maximum atomic E-state index is 13.5. The Morgan fingerprint density at radius 3 is 2.54 bits per heavy atom. The molecule has 0 saturated carbocycles. The molecule has 9 nitrogen and oxygen atoms in total. The lowest BCUT2D eigenvalue weighted by Crippen LogP contribution is -2.30. The molecule has 3 rings (SSSR count). The molecule has 186 valence electrons. The number of benzene rings is 1. The molecule has 0 fully saturated rings. The molecule has 4 N–H and O–H groups in total. The lowest BCUT2D eigenvalue weighted by molar-refractivity contribution is -0.139. The number of nitrogens with two attached hydrogens (primary N) is 1. The lowest BCUT2D eigenvalue weighted by Gasteiger charge is -2.16. The average molecular weight is 512 g/mol. The van der Waals surface area contributed by atoms with Crippen LogP contribution < -0.4 is 16.4 Å². The van der Waals surface area contributed by atoms with Crippen LogP contribution in [0.3, 0.4) is 0 Å². The lowest BCUT2D eigenvalue weighted by atomic mass is 10.1. The highest BCUT2D eigenvalue weighted by atomic mass is 32.1. The summed E-state index contributed by atoms with van der Waals surface area (Å²) in [4.78, 5) is 39.2. The highest BCUT2D eigenvalue weighted by Crippen LogP contribution is 2.33. The summed E-state index contributed by atoms with van der Waals surface area (Å²) in [7, 11) is 3.60. The van der Waals surface area contributed by atoms with E-state index in [9.17, 15) is 27.2 Å². The molecule has 1 unspecified atom stereocenters. The summed E-state index contributed by atoms with van der Waals surface area (Å²) in [5.74, 6) is -2.52. The number of nitrogen functional groups attached to an aromatic ring is 1. The van der Waals surface area contributed by atoms with E-state index in [0.717, 1.165) is 17.4 Å². The summed E-state index contributed by atoms with van der Waals surface area (Å²) in [5, 5.41) is 5.39. The number of aromatic nitrogens is 3. The fraction of sp³-hybridized carbons (Fsp3) is 0.286. The second kappa shape index (κ2) is 10.3. The number of nitrogens with one attached hydrogen (secondary N) is 2. The van der Waals surface area contributed by atoms with Gasteiger partial charge in [-0.3, -0.25) is 9.59 Å². The Balaban J connectivity index is 1.72. The predicted molar refractivity (Wildman–Crippen MR) is 121 cm³/mol. The van der Waals surface area contributed by atoms with Gasteiger partial charge >= 0.3 is 6.18 Å². The zero-order valence-corrected chi connectivity index (χ0v) is 19.6. The van der Waals surface area contributed by atoms with E-state index in [2.05, 4.69) is 25.6 Å². The van der Waals surface area contributed by atoms with Crippen molar-refractivity contribution < 1.29 is 27.2 Å². The zero-order chi connectivity index (χ0) is 25.9. The monoisotopic (exact) mass is 511 g/mol. The van der Waals surface area contributed by atoms with Crippen LogP contribution in [0.2, 0.25) is 0 Å². The van der Waals surface area contributed by atoms with Gasteiger partial charge in [-0.2, -0.15) is 13.2 Å². The second-order valence-corrected chi connectivity index (χ2v) is 8.79. The van der Waals surface area contributed by atoms with Crippen LogP contribution in [0, 0.1) is 5.82 Å². The van der Waals surface area contributed by atoms with Crippen LogP contribution in [0.1, 0.15) is 49.3 Å². The highest BCUT2D eigenvalue weighted by molar-refractivity contribution is 7.13. The molecule has 0 aliphatic carbocycles. The first-order valence-corrected chi connectivity index (χ1v) is 10.9. The number of alkyl halides is 3. The Morgan fingerprint density at radius 2 is 1.89 bits per heavy atom. The zero-order valence-electron chi connectivity index (χ0n) is 18.8. The summed E-state index contributed by atoms with van der Waals surface area (Å²) >= 11 is 0.937. The molecule has 2 aromatic heterocycles. The van der Waals surface area contributed by atoms with Crippen molar-refractivity contribution >= 4 is 34.7 Å². The Hall–Kier alpha value is -3.65. The molecule has 0 bridgehead atoms. The topological polar surface area (TPSA) is 126 Å². The summed E-state index contributed by atoms with van der Waals surface area (Å²) in [6, 6.07) is 1.53. The molecular formula is C21H21F4N7O2S. The van der Waals surface area contributed by atoms with Gasteiger partial charge in [0.1, 0.15) is 33.5 Å². The minimum atomic E-state index is -4.91. The molecule has 0 spiro atoms. The fourth-order valence-electron chi connectivity index (χ4n) is 3.03. The number of halogens is 4. The molecule has 0 saturated heterocycles. The van der Waals surface area contributed by atoms with Crippen molar-refractivity contribution in [1.29, 1.82) is 0 Å². The Bertz CT molecular complexity index is 1250. The van der Waals surface area contributed by atoms with Crippen LogP contribution in [0.15, 0.2) is 30.7 Å². The largest absolute Gasteiger partial charge is 0.419 e. The van der Waals surface area contributed by atoms with Crippen LogP contribution in [-0.4, -0.2) is 45.8 Å². The van der Waals surface area contributed by atoms with Gasteiger partial charge in [-0.05, 0) is 39.2 Å². The predicted octanol–water partition coefficient (Wildman–Crippen LogP) is 3.48. The standard InChI is InChI=1S/C21H21F4N7O2S/c1-10(30-19(34)16-12(8-32(2)3)17(26)29-9-28-16)20-27-7-15(35-20)18(33)31-11-4-5-14(22)13(6-11)21(23,24)25/h4-7,9-10H,8H2,1-3H3,(H,30,34)(H,31,33)(H2,26,28,29). The molecule has 0 aliphatic heterocycles. The van der Waals surface area contributed by atoms with E-state index in [1.54, 1.807) is 25.9 Å². The molecule has 3 aromatic rings. The maximum Gasteiger partial charge on any atom is 0.419 e. The van der Waals surface area contributed by atoms with Crippen molar-refractivity contribution in [1.82, 2.24) is 25.2 Å². The number of nitrogens with zero attached hydrogens (tertiary/aromatic N) is 4. The van der Waals surface area contributed by atoms with Crippen molar-refractivity contribution in [2.45, 2.75) is 25.7 Å². The van der Waals surface area contributed by atoms with Crippen LogP contribution in [-0.2, 0) is 12.7 Å². The van der Waals surface area contributed by atoms with Crippen molar-refractivity contribution in [2.24, 2.45) is 0 Å². The molecule has 1 aromatic carbocycles. The molecule has 1 atom stereocenters. The van der Waals surface area contributed by atoms with Crippen molar-refractivity contribution in [2.75, 3.05) is 25.1 Å². The van der Waals surface area contributed by atoms with Gasteiger partial charge in [0.05, 0.1) is 17.8 Å². The first-order chi connectivity index (χ1) is 16.4. The van der Waals surface area contributed by atoms with Gasteiger partial charge in [-0.1, -0.05) is 0 Å². The fourth-order valence-corrected chi connectivity index (χ4v) is 3.84. The number of anilines is 2. The highest BCUT2D eigenvalue weighted by Gasteiger charge is 2.34. The van der Waals surface area contributed by atoms with Crippen molar-refractivity contribution in [3.8, 4) is 0 Å². The van der Waals surface area contributed by atoms with E-state index < -0.39 is 35.4 Å². The van der Waals surface area contributed by atoms with Crippen LogP contribution in [0.4, 0.5) is 29.1 Å². The number of amides is 2. The van der Waals surface area contributed by atoms with Gasteiger partial charge in [0.2, 0.25) is 0 Å². The van der Waals surface area contributed by atoms with E-state index in [4.69, 9.17) is 5.73 Å². The normalized spacial score (nSPS) is 12.5. The van der Waals surface area contributed by atoms with Gasteiger partial charge in [-0.25, -0.2) is 19.3 Å². The third-order valence-corrected chi connectivity index (χ3v) is 5.84.